The number of ether oxygens (including phenoxy) is 2. The van der Waals surface area contributed by atoms with Crippen molar-refractivity contribution in [2.45, 2.75) is 13.3 Å². The molecule has 23 heavy (non-hydrogen) atoms. The number of nitrogens with two attached hydrogens (primary N) is 1. The van der Waals surface area contributed by atoms with E-state index in [0.717, 1.165) is 11.6 Å². The average molecular weight is 329 g/mol. The van der Waals surface area contributed by atoms with Crippen molar-refractivity contribution in [3.63, 3.8) is 0 Å². The van der Waals surface area contributed by atoms with Crippen LogP contribution in [0.1, 0.15) is 5.56 Å². The van der Waals surface area contributed by atoms with Gasteiger partial charge < -0.3 is 15.2 Å². The van der Waals surface area contributed by atoms with Gasteiger partial charge in [-0.3, -0.25) is 0 Å². The third kappa shape index (κ3) is 4.59. The number of halogens is 4. The fraction of sp³-hybridized carbons (Fsp3) is 0.250. The van der Waals surface area contributed by atoms with Crippen LogP contribution in [0.25, 0.3) is 11.1 Å². The number of alkyl halides is 3. The molecule has 2 aromatic carbocycles. The van der Waals surface area contributed by atoms with Gasteiger partial charge in [-0.1, -0.05) is 18.2 Å². The van der Waals surface area contributed by atoms with Gasteiger partial charge in [-0.15, -0.1) is 13.2 Å². The molecular formula is C16H15F4NO2. The van der Waals surface area contributed by atoms with E-state index in [0.29, 0.717) is 5.56 Å². The summed E-state index contributed by atoms with van der Waals surface area (Å²) in [6.45, 7) is 1.87. The smallest absolute Gasteiger partial charge is 0.488 e. The maximum Gasteiger partial charge on any atom is 0.573 e. The summed E-state index contributed by atoms with van der Waals surface area (Å²) in [4.78, 5) is 0. The van der Waals surface area contributed by atoms with Gasteiger partial charge in [-0.05, 0) is 36.2 Å². The number of aryl methyl sites for hydroxylation is 1. The van der Waals surface area contributed by atoms with Crippen molar-refractivity contribution in [3.8, 4) is 22.6 Å². The van der Waals surface area contributed by atoms with Crippen LogP contribution in [0.2, 0.25) is 0 Å². The average Bonchev–Trinajstić information content (AvgIpc) is 2.45. The molecule has 0 saturated heterocycles. The summed E-state index contributed by atoms with van der Waals surface area (Å²) in [6, 6.07) is 8.33. The minimum Gasteiger partial charge on any atom is -0.488 e. The van der Waals surface area contributed by atoms with Crippen molar-refractivity contribution in [2.24, 2.45) is 5.73 Å². The lowest BCUT2D eigenvalue weighted by Crippen LogP contribution is -2.18. The highest BCUT2D eigenvalue weighted by molar-refractivity contribution is 5.68. The number of rotatable bonds is 5. The van der Waals surface area contributed by atoms with E-state index in [1.54, 1.807) is 19.1 Å². The van der Waals surface area contributed by atoms with Gasteiger partial charge in [0.15, 0.2) is 11.5 Å². The highest BCUT2D eigenvalue weighted by Gasteiger charge is 2.32. The Kier molecular flexibility index (Phi) is 5.10. The molecule has 0 fully saturated rings. The fourth-order valence-corrected chi connectivity index (χ4v) is 2.02. The van der Waals surface area contributed by atoms with Crippen LogP contribution in [0.4, 0.5) is 17.6 Å². The molecule has 0 aliphatic rings. The summed E-state index contributed by atoms with van der Waals surface area (Å²) in [5.74, 6) is -1.12. The monoisotopic (exact) mass is 329 g/mol. The molecular weight excluding hydrogens is 314 g/mol. The summed E-state index contributed by atoms with van der Waals surface area (Å²) in [5.41, 5.74) is 6.67. The molecule has 0 aromatic heterocycles. The molecule has 3 nitrogen and oxygen atoms in total. The quantitative estimate of drug-likeness (QED) is 0.842. The molecule has 0 atom stereocenters. The van der Waals surface area contributed by atoms with Crippen LogP contribution in [0, 0.1) is 12.7 Å². The lowest BCUT2D eigenvalue weighted by atomic mass is 10.0. The van der Waals surface area contributed by atoms with Gasteiger partial charge in [0.1, 0.15) is 12.4 Å². The Hall–Kier alpha value is -2.28. The Bertz CT molecular complexity index is 686. The molecule has 2 N–H and O–H groups in total. The summed E-state index contributed by atoms with van der Waals surface area (Å²) < 4.78 is 60.4. The molecule has 0 unspecified atom stereocenters. The normalized spacial score (nSPS) is 11.4. The molecule has 124 valence electrons. The second-order valence-electron chi connectivity index (χ2n) is 4.83. The van der Waals surface area contributed by atoms with E-state index in [9.17, 15) is 17.6 Å². The molecule has 0 amide bonds. The van der Waals surface area contributed by atoms with Crippen LogP contribution < -0.4 is 15.2 Å². The molecule has 0 bridgehead atoms. The minimum atomic E-state index is -4.85. The zero-order valence-electron chi connectivity index (χ0n) is 12.3. The zero-order chi connectivity index (χ0) is 17.0. The lowest BCUT2D eigenvalue weighted by molar-refractivity contribution is -0.275. The maximum atomic E-state index is 14.0. The van der Waals surface area contributed by atoms with Gasteiger partial charge in [0.25, 0.3) is 0 Å². The molecule has 0 radical (unpaired) electrons. The predicted molar refractivity (Wildman–Crippen MR) is 77.8 cm³/mol. The first kappa shape index (κ1) is 17.1. The number of benzene rings is 2. The Labute approximate surface area is 130 Å². The van der Waals surface area contributed by atoms with E-state index in [1.807, 2.05) is 0 Å². The van der Waals surface area contributed by atoms with E-state index in [1.165, 1.54) is 18.2 Å². The van der Waals surface area contributed by atoms with Crippen LogP contribution in [-0.4, -0.2) is 19.5 Å². The fourth-order valence-electron chi connectivity index (χ4n) is 2.02. The van der Waals surface area contributed by atoms with E-state index in [-0.39, 0.29) is 24.5 Å². The maximum absolute atomic E-state index is 14.0. The Morgan fingerprint density at radius 2 is 1.78 bits per heavy atom. The van der Waals surface area contributed by atoms with E-state index in [2.05, 4.69) is 4.74 Å². The minimum absolute atomic E-state index is 0.00799. The van der Waals surface area contributed by atoms with E-state index >= 15 is 0 Å². The first-order valence-corrected chi connectivity index (χ1v) is 6.79. The summed E-state index contributed by atoms with van der Waals surface area (Å²) in [7, 11) is 0. The second kappa shape index (κ2) is 6.87. The van der Waals surface area contributed by atoms with E-state index < -0.39 is 17.9 Å². The van der Waals surface area contributed by atoms with Crippen molar-refractivity contribution in [1.82, 2.24) is 0 Å². The number of hydrogen-bond donors (Lipinski definition) is 1. The van der Waals surface area contributed by atoms with E-state index in [4.69, 9.17) is 10.5 Å². The Balaban J connectivity index is 2.42. The first-order chi connectivity index (χ1) is 10.8. The van der Waals surface area contributed by atoms with Crippen LogP contribution in [0.5, 0.6) is 11.5 Å². The molecule has 0 aliphatic carbocycles. The molecule has 2 aromatic rings. The van der Waals surface area contributed by atoms with Gasteiger partial charge in [-0.2, -0.15) is 0 Å². The van der Waals surface area contributed by atoms with Crippen LogP contribution in [-0.2, 0) is 0 Å². The van der Waals surface area contributed by atoms with Gasteiger partial charge in [0.05, 0.1) is 0 Å². The van der Waals surface area contributed by atoms with Gasteiger partial charge >= 0.3 is 6.36 Å². The highest BCUT2D eigenvalue weighted by atomic mass is 19.4. The first-order valence-electron chi connectivity index (χ1n) is 6.79. The third-order valence-electron chi connectivity index (χ3n) is 2.98. The van der Waals surface area contributed by atoms with Gasteiger partial charge in [0, 0.05) is 12.1 Å². The molecule has 0 spiro atoms. The van der Waals surface area contributed by atoms with Crippen LogP contribution in [0.15, 0.2) is 36.4 Å². The lowest BCUT2D eigenvalue weighted by Gasteiger charge is -2.15. The van der Waals surface area contributed by atoms with Crippen molar-refractivity contribution >= 4 is 0 Å². The van der Waals surface area contributed by atoms with Crippen molar-refractivity contribution in [3.05, 3.63) is 47.8 Å². The van der Waals surface area contributed by atoms with Crippen molar-refractivity contribution < 1.29 is 27.0 Å². The molecule has 0 saturated carbocycles. The van der Waals surface area contributed by atoms with Crippen molar-refractivity contribution in [2.75, 3.05) is 13.2 Å². The molecule has 2 rings (SSSR count). The third-order valence-corrected chi connectivity index (χ3v) is 2.98. The van der Waals surface area contributed by atoms with Gasteiger partial charge in [0.2, 0.25) is 0 Å². The van der Waals surface area contributed by atoms with Crippen molar-refractivity contribution in [1.29, 1.82) is 0 Å². The SMILES string of the molecule is Cc1ccc(-c2ccc(OC(F)(F)F)c(OCCN)c2)c(F)c1. The number of hydrogen-bond acceptors (Lipinski definition) is 3. The zero-order valence-corrected chi connectivity index (χ0v) is 12.3. The topological polar surface area (TPSA) is 44.5 Å². The second-order valence-corrected chi connectivity index (χ2v) is 4.83. The summed E-state index contributed by atoms with van der Waals surface area (Å²) in [5, 5.41) is 0. The van der Waals surface area contributed by atoms with Crippen LogP contribution in [0.3, 0.4) is 0 Å². The van der Waals surface area contributed by atoms with Crippen LogP contribution >= 0.6 is 0 Å². The Morgan fingerprint density at radius 1 is 1.04 bits per heavy atom. The molecule has 7 heteroatoms. The Morgan fingerprint density at radius 3 is 2.39 bits per heavy atom. The predicted octanol–water partition coefficient (Wildman–Crippen LogP) is 4.04. The summed E-state index contributed by atoms with van der Waals surface area (Å²) >= 11 is 0. The highest BCUT2D eigenvalue weighted by Crippen LogP contribution is 2.36. The molecule has 0 aliphatic heterocycles. The molecule has 0 heterocycles. The van der Waals surface area contributed by atoms with Gasteiger partial charge in [-0.25, -0.2) is 4.39 Å². The standard InChI is InChI=1S/C16H15F4NO2/c1-10-2-4-12(13(17)8-10)11-3-5-14(23-16(18,19)20)15(9-11)22-7-6-21/h2-5,8-9H,6-7,21H2,1H3. The summed E-state index contributed by atoms with van der Waals surface area (Å²) in [6.07, 6.45) is -4.85. The largest absolute Gasteiger partial charge is 0.573 e.